The van der Waals surface area contributed by atoms with Crippen LogP contribution in [0.25, 0.3) is 34.3 Å². The van der Waals surface area contributed by atoms with Gasteiger partial charge in [0.25, 0.3) is 0 Å². The molecule has 0 fully saturated rings. The summed E-state index contributed by atoms with van der Waals surface area (Å²) >= 11 is 0. The predicted octanol–water partition coefficient (Wildman–Crippen LogP) is 9.52. The molecule has 6 nitrogen and oxygen atoms in total. The number of hydrogen-bond acceptors (Lipinski definition) is 4. The normalized spacial score (nSPS) is 11.9. The fourth-order valence-electron chi connectivity index (χ4n) is 5.39. The van der Waals surface area contributed by atoms with Crippen LogP contribution in [-0.4, -0.2) is 24.1 Å². The predicted molar refractivity (Wildman–Crippen MR) is 190 cm³/mol. The molecule has 0 aliphatic rings. The van der Waals surface area contributed by atoms with E-state index in [0.717, 1.165) is 57.5 Å². The first-order chi connectivity index (χ1) is 22.4. The van der Waals surface area contributed by atoms with Crippen molar-refractivity contribution in [3.63, 3.8) is 0 Å². The third kappa shape index (κ3) is 8.10. The summed E-state index contributed by atoms with van der Waals surface area (Å²) in [5.41, 5.74) is 7.63. The van der Waals surface area contributed by atoms with E-state index in [4.69, 9.17) is 0 Å². The SMILES string of the molecule is CCCCCCNc1ccc(-n2cc(/C=C/C=C(c3ccccc3)c3ccccc3)c3cc(/C=C(\C#N)S(=O)(=O)O)ccc32)cc1. The van der Waals surface area contributed by atoms with Crippen LogP contribution in [-0.2, 0) is 10.1 Å². The molecule has 0 atom stereocenters. The Morgan fingerprint density at radius 3 is 2.17 bits per heavy atom. The highest BCUT2D eigenvalue weighted by Crippen LogP contribution is 2.30. The van der Waals surface area contributed by atoms with Crippen molar-refractivity contribution in [3.05, 3.63) is 149 Å². The molecular weight excluding hydrogens is 591 g/mol. The lowest BCUT2D eigenvalue weighted by atomic mass is 9.97. The Morgan fingerprint density at radius 2 is 1.57 bits per heavy atom. The summed E-state index contributed by atoms with van der Waals surface area (Å²) in [6.07, 6.45) is 14.2. The lowest BCUT2D eigenvalue weighted by molar-refractivity contribution is 0.492. The first kappa shape index (κ1) is 32.2. The van der Waals surface area contributed by atoms with Gasteiger partial charge in [0.1, 0.15) is 6.07 Å². The molecule has 1 aromatic heterocycles. The highest BCUT2D eigenvalue weighted by atomic mass is 32.2. The molecule has 5 aromatic rings. The minimum Gasteiger partial charge on any atom is -0.385 e. The molecule has 0 aliphatic carbocycles. The maximum Gasteiger partial charge on any atom is 0.304 e. The number of nitriles is 1. The number of aromatic nitrogens is 1. The Morgan fingerprint density at radius 1 is 0.891 bits per heavy atom. The van der Waals surface area contributed by atoms with Crippen LogP contribution in [0.3, 0.4) is 0 Å². The number of unbranched alkanes of at least 4 members (excludes halogenated alkanes) is 3. The largest absolute Gasteiger partial charge is 0.385 e. The Balaban J connectivity index is 1.55. The van der Waals surface area contributed by atoms with E-state index < -0.39 is 15.0 Å². The van der Waals surface area contributed by atoms with Crippen molar-refractivity contribution in [2.24, 2.45) is 0 Å². The molecule has 1 heterocycles. The van der Waals surface area contributed by atoms with Gasteiger partial charge in [0.15, 0.2) is 4.91 Å². The maximum atomic E-state index is 11.7. The van der Waals surface area contributed by atoms with Crippen molar-refractivity contribution in [1.29, 1.82) is 5.26 Å². The molecule has 0 unspecified atom stereocenters. The summed E-state index contributed by atoms with van der Waals surface area (Å²) in [6, 6.07) is 35.8. The molecular formula is C39H37N3O3S. The standard InChI is InChI=1S/C39H37N3O3S/c1-2-3-4-11-25-41-34-20-22-35(23-21-34)42-29-33(38-27-30(19-24-39(38)42)26-36(28-40)46(43,44)45)17-12-18-37(31-13-7-5-8-14-31)32-15-9-6-10-16-32/h5-10,12-24,26-27,29,41H,2-4,11,25H2,1H3,(H,43,44,45)/b17-12+,36-26+. The van der Waals surface area contributed by atoms with Crippen LogP contribution in [0.4, 0.5) is 5.69 Å². The van der Waals surface area contributed by atoms with Crippen LogP contribution in [0.2, 0.25) is 0 Å². The van der Waals surface area contributed by atoms with E-state index in [0.29, 0.717) is 5.56 Å². The van der Waals surface area contributed by atoms with Crippen molar-refractivity contribution in [2.75, 3.05) is 11.9 Å². The van der Waals surface area contributed by atoms with E-state index >= 15 is 0 Å². The zero-order chi connectivity index (χ0) is 32.4. The summed E-state index contributed by atoms with van der Waals surface area (Å²) < 4.78 is 35.0. The smallest absolute Gasteiger partial charge is 0.304 e. The third-order valence-corrected chi connectivity index (χ3v) is 8.52. The molecule has 0 saturated heterocycles. The lowest BCUT2D eigenvalue weighted by Crippen LogP contribution is -2.01. The first-order valence-corrected chi connectivity index (χ1v) is 16.9. The van der Waals surface area contributed by atoms with E-state index in [2.05, 4.69) is 71.4 Å². The molecule has 4 aromatic carbocycles. The molecule has 0 spiro atoms. The number of rotatable bonds is 13. The summed E-state index contributed by atoms with van der Waals surface area (Å²) in [5, 5.41) is 13.7. The first-order valence-electron chi connectivity index (χ1n) is 15.5. The number of anilines is 1. The van der Waals surface area contributed by atoms with Gasteiger partial charge in [-0.15, -0.1) is 0 Å². The van der Waals surface area contributed by atoms with Gasteiger partial charge >= 0.3 is 10.1 Å². The van der Waals surface area contributed by atoms with Gasteiger partial charge in [0.2, 0.25) is 0 Å². The monoisotopic (exact) mass is 627 g/mol. The molecule has 46 heavy (non-hydrogen) atoms. The average molecular weight is 628 g/mol. The average Bonchev–Trinajstić information content (AvgIpc) is 3.43. The molecule has 0 amide bonds. The zero-order valence-corrected chi connectivity index (χ0v) is 26.6. The van der Waals surface area contributed by atoms with Crippen LogP contribution in [0, 0.1) is 11.3 Å². The summed E-state index contributed by atoms with van der Waals surface area (Å²) in [5.74, 6) is 0. The second kappa shape index (κ2) is 15.2. The van der Waals surface area contributed by atoms with Gasteiger partial charge in [-0.3, -0.25) is 4.55 Å². The molecule has 2 N–H and O–H groups in total. The van der Waals surface area contributed by atoms with E-state index in [1.54, 1.807) is 12.1 Å². The fourth-order valence-corrected chi connectivity index (χ4v) is 5.79. The van der Waals surface area contributed by atoms with Crippen molar-refractivity contribution < 1.29 is 13.0 Å². The molecule has 0 saturated carbocycles. The fraction of sp³-hybridized carbons (Fsp3) is 0.154. The van der Waals surface area contributed by atoms with Gasteiger partial charge in [-0.1, -0.05) is 111 Å². The van der Waals surface area contributed by atoms with Crippen LogP contribution in [0.1, 0.15) is 54.9 Å². The van der Waals surface area contributed by atoms with Crippen molar-refractivity contribution >= 4 is 44.4 Å². The summed E-state index contributed by atoms with van der Waals surface area (Å²) in [7, 11) is -4.64. The van der Waals surface area contributed by atoms with Gasteiger partial charge in [0.05, 0.1) is 5.52 Å². The molecule has 232 valence electrons. The molecule has 0 aliphatic heterocycles. The molecule has 0 bridgehead atoms. The van der Waals surface area contributed by atoms with Gasteiger partial charge in [-0.25, -0.2) is 0 Å². The highest BCUT2D eigenvalue weighted by Gasteiger charge is 2.15. The number of fused-ring (bicyclic) bond motifs is 1. The van der Waals surface area contributed by atoms with Crippen molar-refractivity contribution in [3.8, 4) is 11.8 Å². The van der Waals surface area contributed by atoms with Crippen molar-refractivity contribution in [1.82, 2.24) is 4.57 Å². The van der Waals surface area contributed by atoms with E-state index in [1.807, 2.05) is 66.9 Å². The number of nitrogens with zero attached hydrogens (tertiary/aromatic N) is 2. The molecule has 0 radical (unpaired) electrons. The Labute approximate surface area is 271 Å². The van der Waals surface area contributed by atoms with Gasteiger partial charge in [-0.2, -0.15) is 13.7 Å². The van der Waals surface area contributed by atoms with Crippen molar-refractivity contribution in [2.45, 2.75) is 32.6 Å². The van der Waals surface area contributed by atoms with E-state index in [1.165, 1.54) is 25.3 Å². The summed E-state index contributed by atoms with van der Waals surface area (Å²) in [6.45, 7) is 3.15. The third-order valence-electron chi connectivity index (χ3n) is 7.76. The van der Waals surface area contributed by atoms with Crippen LogP contribution >= 0.6 is 0 Å². The minimum atomic E-state index is -4.64. The topological polar surface area (TPSA) is 95.1 Å². The van der Waals surface area contributed by atoms with Gasteiger partial charge in [0, 0.05) is 35.1 Å². The number of allylic oxidation sites excluding steroid dienone is 3. The van der Waals surface area contributed by atoms with E-state index in [9.17, 15) is 18.2 Å². The van der Waals surface area contributed by atoms with Crippen LogP contribution in [0.15, 0.2) is 126 Å². The molecule has 5 rings (SSSR count). The second-order valence-electron chi connectivity index (χ2n) is 11.0. The Hall–Kier alpha value is -5.16. The minimum absolute atomic E-state index is 0.487. The Bertz CT molecular complexity index is 1980. The highest BCUT2D eigenvalue weighted by molar-refractivity contribution is 7.90. The number of nitrogens with one attached hydrogen (secondary N) is 1. The molecule has 7 heteroatoms. The summed E-state index contributed by atoms with van der Waals surface area (Å²) in [4.78, 5) is -0.709. The maximum absolute atomic E-state index is 11.7. The number of hydrogen-bond donors (Lipinski definition) is 2. The Kier molecular flexibility index (Phi) is 10.7. The second-order valence-corrected chi connectivity index (χ2v) is 12.4. The van der Waals surface area contributed by atoms with E-state index in [-0.39, 0.29) is 0 Å². The number of benzene rings is 4. The quantitative estimate of drug-likeness (QED) is 0.0587. The van der Waals surface area contributed by atoms with Gasteiger partial charge < -0.3 is 9.88 Å². The zero-order valence-electron chi connectivity index (χ0n) is 25.8. The van der Waals surface area contributed by atoms with Gasteiger partial charge in [-0.05, 0) is 71.2 Å². The van der Waals surface area contributed by atoms with Crippen LogP contribution in [0.5, 0.6) is 0 Å². The lowest BCUT2D eigenvalue weighted by Gasteiger charge is -2.09. The van der Waals surface area contributed by atoms with Crippen LogP contribution < -0.4 is 5.32 Å².